The number of nitrogens with zero attached hydrogens (tertiary/aromatic N) is 3. The number of hydrogen-bond donors (Lipinski definition) is 1. The topological polar surface area (TPSA) is 89.8 Å². The summed E-state index contributed by atoms with van der Waals surface area (Å²) < 4.78 is 2.30. The number of rotatable bonds is 4. The number of fused-ring (bicyclic) bond motifs is 1. The molecule has 0 saturated carbocycles. The molecule has 0 amide bonds. The number of ketones is 1. The number of hydrogen-bond acceptors (Lipinski definition) is 5. The number of nitrogens with one attached hydrogen (secondary N) is 1. The van der Waals surface area contributed by atoms with Gasteiger partial charge in [-0.15, -0.1) is 0 Å². The predicted octanol–water partition coefficient (Wildman–Crippen LogP) is 1.00. The summed E-state index contributed by atoms with van der Waals surface area (Å²) in [5, 5.41) is 0.403. The second-order valence-electron chi connectivity index (χ2n) is 5.28. The number of benzene rings is 1. The van der Waals surface area contributed by atoms with Crippen LogP contribution in [0.15, 0.2) is 39.0 Å². The van der Waals surface area contributed by atoms with Gasteiger partial charge in [0.1, 0.15) is 7.85 Å². The average molecular weight is 372 g/mol. The number of carbonyl (C=O) groups excluding carboxylic acids is 1. The molecule has 2 heterocycles. The molecule has 9 heteroatoms. The van der Waals surface area contributed by atoms with Gasteiger partial charge in [0.25, 0.3) is 5.56 Å². The zero-order chi connectivity index (χ0) is 19.4. The Balaban J connectivity index is 0.00000118. The van der Waals surface area contributed by atoms with Crippen molar-refractivity contribution in [3.63, 3.8) is 0 Å². The highest BCUT2D eigenvalue weighted by Crippen LogP contribution is 2.18. The van der Waals surface area contributed by atoms with Crippen molar-refractivity contribution in [2.45, 2.75) is 19.0 Å². The fourth-order valence-electron chi connectivity index (χ4n) is 2.30. The van der Waals surface area contributed by atoms with Crippen molar-refractivity contribution >= 4 is 42.0 Å². The lowest BCUT2D eigenvalue weighted by Gasteiger charge is -2.01. The van der Waals surface area contributed by atoms with Gasteiger partial charge in [-0.05, 0) is 0 Å². The first-order chi connectivity index (χ1) is 12.4. The first-order valence-corrected chi connectivity index (χ1v) is 9.04. The summed E-state index contributed by atoms with van der Waals surface area (Å²) in [6, 6.07) is 6.73. The third-order valence-electron chi connectivity index (χ3n) is 3.62. The number of aromatic nitrogens is 4. The molecule has 2 radical (unpaired) electrons. The number of thioether (sulfide) groups is 1. The number of imidazole rings is 1. The molecule has 2 aromatic heterocycles. The summed E-state index contributed by atoms with van der Waals surface area (Å²) in [5.74, 6) is 0.0342. The highest BCUT2D eigenvalue weighted by molar-refractivity contribution is 7.99. The van der Waals surface area contributed by atoms with Gasteiger partial charge in [-0.25, -0.2) is 9.78 Å². The Morgan fingerprint density at radius 3 is 2.62 bits per heavy atom. The Kier molecular flexibility index (Phi) is 6.25. The average Bonchev–Trinajstić information content (AvgIpc) is 3.09. The third-order valence-corrected chi connectivity index (χ3v) is 4.49. The molecular formula is C17H21BN4O3S. The van der Waals surface area contributed by atoms with Crippen LogP contribution in [0.1, 0.15) is 25.6 Å². The van der Waals surface area contributed by atoms with E-state index in [1.165, 1.54) is 18.7 Å². The molecular weight excluding hydrogens is 351 g/mol. The third kappa shape index (κ3) is 3.82. The van der Waals surface area contributed by atoms with Gasteiger partial charge in [0, 0.05) is 21.1 Å². The Morgan fingerprint density at radius 1 is 1.27 bits per heavy atom. The van der Waals surface area contributed by atoms with Crippen molar-refractivity contribution in [2.24, 2.45) is 14.1 Å². The van der Waals surface area contributed by atoms with Crippen LogP contribution >= 0.6 is 11.8 Å². The van der Waals surface area contributed by atoms with E-state index < -0.39 is 11.2 Å². The van der Waals surface area contributed by atoms with Crippen molar-refractivity contribution in [1.82, 2.24) is 19.1 Å². The lowest BCUT2D eigenvalue weighted by atomic mass is 9.94. The Bertz CT molecular complexity index is 1070. The second kappa shape index (κ2) is 8.22. The number of aromatic amines is 1. The first-order valence-electron chi connectivity index (χ1n) is 8.05. The number of aryl methyl sites for hydroxylation is 1. The van der Waals surface area contributed by atoms with E-state index >= 15 is 0 Å². The van der Waals surface area contributed by atoms with E-state index in [2.05, 4.69) is 9.97 Å². The van der Waals surface area contributed by atoms with E-state index in [4.69, 9.17) is 7.85 Å². The minimum absolute atomic E-state index is 0. The minimum atomic E-state index is -0.452. The zero-order valence-corrected chi connectivity index (χ0v) is 15.9. The highest BCUT2D eigenvalue weighted by Gasteiger charge is 2.15. The maximum Gasteiger partial charge on any atom is 0.332 e. The quantitative estimate of drug-likeness (QED) is 0.419. The second-order valence-corrected chi connectivity index (χ2v) is 6.25. The van der Waals surface area contributed by atoms with Gasteiger partial charge in [0.15, 0.2) is 22.1 Å². The summed E-state index contributed by atoms with van der Waals surface area (Å²) in [4.78, 5) is 43.3. The number of Topliss-reactive ketones (excluding diaryl/α,β-unsaturated/α-hetero) is 1. The maximum absolute atomic E-state index is 12.2. The Morgan fingerprint density at radius 2 is 1.96 bits per heavy atom. The van der Waals surface area contributed by atoms with E-state index in [0.717, 1.165) is 16.3 Å². The summed E-state index contributed by atoms with van der Waals surface area (Å²) in [6.07, 6.45) is 0. The van der Waals surface area contributed by atoms with Gasteiger partial charge in [0.05, 0.1) is 5.75 Å². The molecule has 0 aliphatic carbocycles. The summed E-state index contributed by atoms with van der Waals surface area (Å²) in [6.45, 7) is 4.00. The van der Waals surface area contributed by atoms with Crippen molar-refractivity contribution in [3.05, 3.63) is 50.7 Å². The Labute approximate surface area is 157 Å². The summed E-state index contributed by atoms with van der Waals surface area (Å²) >= 11 is 1.16. The molecule has 0 atom stereocenters. The smallest absolute Gasteiger partial charge is 0.327 e. The molecule has 0 spiro atoms. The van der Waals surface area contributed by atoms with Crippen LogP contribution in [0.25, 0.3) is 11.2 Å². The van der Waals surface area contributed by atoms with E-state index in [1.807, 2.05) is 13.8 Å². The Hall–Kier alpha value is -2.55. The molecule has 26 heavy (non-hydrogen) atoms. The monoisotopic (exact) mass is 372 g/mol. The number of carbonyl (C=O) groups is 1. The maximum atomic E-state index is 12.2. The lowest BCUT2D eigenvalue weighted by Crippen LogP contribution is -2.36. The molecule has 136 valence electrons. The normalized spacial score (nSPS) is 10.5. The van der Waals surface area contributed by atoms with Gasteiger partial charge >= 0.3 is 5.69 Å². The van der Waals surface area contributed by atoms with Crippen LogP contribution in [0.3, 0.4) is 0 Å². The molecule has 0 aliphatic rings. The van der Waals surface area contributed by atoms with Crippen LogP contribution in [0.4, 0.5) is 0 Å². The van der Waals surface area contributed by atoms with Crippen molar-refractivity contribution in [2.75, 3.05) is 5.75 Å². The molecule has 0 aliphatic heterocycles. The van der Waals surface area contributed by atoms with Crippen molar-refractivity contribution in [1.29, 1.82) is 0 Å². The van der Waals surface area contributed by atoms with Crippen LogP contribution in [0.2, 0.25) is 0 Å². The van der Waals surface area contributed by atoms with Crippen LogP contribution in [-0.2, 0) is 14.1 Å². The summed E-state index contributed by atoms with van der Waals surface area (Å²) in [5.41, 5.74) is 0.636. The fraction of sp³-hybridized carbons (Fsp3) is 0.294. The van der Waals surface area contributed by atoms with Gasteiger partial charge < -0.3 is 4.98 Å². The van der Waals surface area contributed by atoms with Gasteiger partial charge in [0.2, 0.25) is 0 Å². The van der Waals surface area contributed by atoms with Crippen LogP contribution in [0.5, 0.6) is 0 Å². The minimum Gasteiger partial charge on any atom is -0.327 e. The first kappa shape index (κ1) is 19.8. The van der Waals surface area contributed by atoms with Gasteiger partial charge in [-0.3, -0.25) is 18.7 Å². The SMILES string of the molecule is CC.[B]c1cccc(C(=O)CSc2nc3c([nH]2)c(=O)n(C)c(=O)n3C)c1.[HH]. The molecule has 7 nitrogen and oxygen atoms in total. The summed E-state index contributed by atoms with van der Waals surface area (Å²) in [7, 11) is 8.61. The van der Waals surface area contributed by atoms with Crippen molar-refractivity contribution in [3.8, 4) is 0 Å². The predicted molar refractivity (Wildman–Crippen MR) is 107 cm³/mol. The van der Waals surface area contributed by atoms with E-state index in [-0.39, 0.29) is 24.1 Å². The van der Waals surface area contributed by atoms with Crippen LogP contribution in [-0.4, -0.2) is 38.5 Å². The molecule has 0 saturated heterocycles. The van der Waals surface area contributed by atoms with Gasteiger partial charge in [-0.1, -0.05) is 55.3 Å². The van der Waals surface area contributed by atoms with Crippen LogP contribution < -0.4 is 16.7 Å². The standard InChI is InChI=1S/C15H13BN4O3S.C2H6.H2/c1-19-12-11(13(22)20(2)15(19)23)17-14(18-12)24-7-10(21)8-4-3-5-9(16)6-8;1-2;/h3-6H,7H2,1-2H3,(H,17,18);1-2H3;1H. The van der Waals surface area contributed by atoms with Crippen LogP contribution in [0, 0.1) is 0 Å². The molecule has 0 fully saturated rings. The van der Waals surface area contributed by atoms with Crippen molar-refractivity contribution < 1.29 is 6.22 Å². The van der Waals surface area contributed by atoms with E-state index in [0.29, 0.717) is 16.2 Å². The highest BCUT2D eigenvalue weighted by atomic mass is 32.2. The van der Waals surface area contributed by atoms with E-state index in [1.54, 1.807) is 24.3 Å². The van der Waals surface area contributed by atoms with Gasteiger partial charge in [-0.2, -0.15) is 0 Å². The molecule has 1 aromatic carbocycles. The number of H-pyrrole nitrogens is 1. The fourth-order valence-corrected chi connectivity index (χ4v) is 3.06. The molecule has 3 rings (SSSR count). The van der Waals surface area contributed by atoms with E-state index in [9.17, 15) is 14.4 Å². The zero-order valence-electron chi connectivity index (χ0n) is 15.1. The largest absolute Gasteiger partial charge is 0.332 e. The molecule has 0 unspecified atom stereocenters. The molecule has 1 N–H and O–H groups in total. The lowest BCUT2D eigenvalue weighted by molar-refractivity contribution is 0.102. The molecule has 3 aromatic rings. The molecule has 0 bridgehead atoms.